The molecule has 0 amide bonds. The molecule has 1 aromatic heterocycles. The van der Waals surface area contributed by atoms with E-state index in [4.69, 9.17) is 4.74 Å². The van der Waals surface area contributed by atoms with Crippen LogP contribution in [0.1, 0.15) is 25.6 Å². The van der Waals surface area contributed by atoms with Gasteiger partial charge in [-0.2, -0.15) is 5.10 Å². The molecule has 0 aliphatic heterocycles. The Hall–Kier alpha value is -1.77. The Morgan fingerprint density at radius 1 is 1.19 bits per heavy atom. The van der Waals surface area contributed by atoms with Gasteiger partial charge in [0.25, 0.3) is 0 Å². The molecule has 3 nitrogen and oxygen atoms in total. The van der Waals surface area contributed by atoms with E-state index in [0.29, 0.717) is 12.6 Å². The molecule has 1 heterocycles. The van der Waals surface area contributed by atoms with Crippen molar-refractivity contribution in [3.63, 3.8) is 0 Å². The zero-order chi connectivity index (χ0) is 11.4. The number of aromatic nitrogens is 2. The van der Waals surface area contributed by atoms with Crippen LogP contribution in [0.25, 0.3) is 0 Å². The second-order valence-corrected chi connectivity index (χ2v) is 3.98. The Kier molecular flexibility index (Phi) is 3.25. The number of rotatable bonds is 4. The van der Waals surface area contributed by atoms with Crippen molar-refractivity contribution >= 4 is 0 Å². The highest BCUT2D eigenvalue weighted by Crippen LogP contribution is 2.11. The molecule has 2 aromatic rings. The van der Waals surface area contributed by atoms with Gasteiger partial charge >= 0.3 is 0 Å². The third kappa shape index (κ3) is 2.63. The number of hydrogen-bond acceptors (Lipinski definition) is 2. The second-order valence-electron chi connectivity index (χ2n) is 3.98. The average molecular weight is 216 g/mol. The lowest BCUT2D eigenvalue weighted by Gasteiger charge is -2.05. The molecule has 0 spiro atoms. The van der Waals surface area contributed by atoms with Crippen molar-refractivity contribution < 1.29 is 4.74 Å². The summed E-state index contributed by atoms with van der Waals surface area (Å²) < 4.78 is 7.54. The molecule has 0 bridgehead atoms. The summed E-state index contributed by atoms with van der Waals surface area (Å²) in [6.45, 7) is 4.73. The molecule has 16 heavy (non-hydrogen) atoms. The van der Waals surface area contributed by atoms with Crippen LogP contribution in [0.4, 0.5) is 0 Å². The van der Waals surface area contributed by atoms with Crippen LogP contribution in [0.15, 0.2) is 42.6 Å². The molecular weight excluding hydrogens is 200 g/mol. The molecule has 0 N–H and O–H groups in total. The normalized spacial score (nSPS) is 10.7. The third-order valence-corrected chi connectivity index (χ3v) is 2.32. The van der Waals surface area contributed by atoms with Gasteiger partial charge in [-0.25, -0.2) is 0 Å². The largest absolute Gasteiger partial charge is 0.487 e. The first kappa shape index (κ1) is 10.7. The van der Waals surface area contributed by atoms with E-state index >= 15 is 0 Å². The van der Waals surface area contributed by atoms with Gasteiger partial charge in [0.15, 0.2) is 0 Å². The van der Waals surface area contributed by atoms with Gasteiger partial charge in [0.05, 0.1) is 5.69 Å². The van der Waals surface area contributed by atoms with E-state index in [1.807, 2.05) is 47.3 Å². The first-order chi connectivity index (χ1) is 7.75. The molecule has 0 radical (unpaired) electrons. The van der Waals surface area contributed by atoms with Gasteiger partial charge in [-0.05, 0) is 32.0 Å². The maximum absolute atomic E-state index is 5.61. The van der Waals surface area contributed by atoms with Crippen molar-refractivity contribution in [3.8, 4) is 5.75 Å². The molecule has 2 rings (SSSR count). The zero-order valence-corrected chi connectivity index (χ0v) is 9.63. The van der Waals surface area contributed by atoms with Crippen LogP contribution in [-0.2, 0) is 6.61 Å². The van der Waals surface area contributed by atoms with Crippen molar-refractivity contribution in [2.75, 3.05) is 0 Å². The average Bonchev–Trinajstić information content (AvgIpc) is 2.76. The van der Waals surface area contributed by atoms with E-state index in [9.17, 15) is 0 Å². The van der Waals surface area contributed by atoms with E-state index < -0.39 is 0 Å². The Bertz CT molecular complexity index is 434. The van der Waals surface area contributed by atoms with Gasteiger partial charge in [-0.3, -0.25) is 4.68 Å². The SMILES string of the molecule is CC(C)n1ccc(COc2ccccc2)n1. The summed E-state index contributed by atoms with van der Waals surface area (Å²) in [5.74, 6) is 0.876. The van der Waals surface area contributed by atoms with E-state index in [1.54, 1.807) is 0 Å². The highest BCUT2D eigenvalue weighted by atomic mass is 16.5. The molecule has 1 aromatic carbocycles. The van der Waals surface area contributed by atoms with Crippen molar-refractivity contribution in [1.29, 1.82) is 0 Å². The fourth-order valence-corrected chi connectivity index (χ4v) is 1.42. The van der Waals surface area contributed by atoms with Crippen LogP contribution < -0.4 is 4.74 Å². The van der Waals surface area contributed by atoms with Crippen molar-refractivity contribution in [1.82, 2.24) is 9.78 Å². The molecule has 0 saturated carbocycles. The van der Waals surface area contributed by atoms with Crippen molar-refractivity contribution in [2.24, 2.45) is 0 Å². The Labute approximate surface area is 95.7 Å². The van der Waals surface area contributed by atoms with Crippen molar-refractivity contribution in [2.45, 2.75) is 26.5 Å². The molecule has 0 saturated heterocycles. The van der Waals surface area contributed by atoms with Crippen molar-refractivity contribution in [3.05, 3.63) is 48.3 Å². The van der Waals surface area contributed by atoms with Gasteiger partial charge in [0.2, 0.25) is 0 Å². The lowest BCUT2D eigenvalue weighted by Crippen LogP contribution is -2.03. The maximum Gasteiger partial charge on any atom is 0.132 e. The van der Waals surface area contributed by atoms with Crippen LogP contribution in [0, 0.1) is 0 Å². The second kappa shape index (κ2) is 4.84. The van der Waals surface area contributed by atoms with Gasteiger partial charge in [0.1, 0.15) is 12.4 Å². The number of para-hydroxylation sites is 1. The highest BCUT2D eigenvalue weighted by molar-refractivity contribution is 5.21. The lowest BCUT2D eigenvalue weighted by molar-refractivity contribution is 0.298. The summed E-state index contributed by atoms with van der Waals surface area (Å²) in [7, 11) is 0. The van der Waals surface area contributed by atoms with Gasteiger partial charge in [-0.1, -0.05) is 18.2 Å². The Balaban J connectivity index is 1.95. The summed E-state index contributed by atoms with van der Waals surface area (Å²) in [6, 6.07) is 12.2. The molecule has 0 fully saturated rings. The smallest absolute Gasteiger partial charge is 0.132 e. The minimum absolute atomic E-state index is 0.394. The number of benzene rings is 1. The third-order valence-electron chi connectivity index (χ3n) is 2.32. The summed E-state index contributed by atoms with van der Waals surface area (Å²) >= 11 is 0. The van der Waals surface area contributed by atoms with E-state index in [-0.39, 0.29) is 0 Å². The quantitative estimate of drug-likeness (QED) is 0.785. The van der Waals surface area contributed by atoms with E-state index in [0.717, 1.165) is 11.4 Å². The number of nitrogens with zero attached hydrogens (tertiary/aromatic N) is 2. The summed E-state index contributed by atoms with van der Waals surface area (Å²) in [6.07, 6.45) is 1.98. The van der Waals surface area contributed by atoms with Crippen LogP contribution >= 0.6 is 0 Å². The molecule has 0 atom stereocenters. The first-order valence-electron chi connectivity index (χ1n) is 5.47. The highest BCUT2D eigenvalue weighted by Gasteiger charge is 2.02. The summed E-state index contributed by atoms with van der Waals surface area (Å²) in [4.78, 5) is 0. The van der Waals surface area contributed by atoms with Crippen LogP contribution in [0.3, 0.4) is 0 Å². The fraction of sp³-hybridized carbons (Fsp3) is 0.308. The molecule has 0 aliphatic rings. The number of hydrogen-bond donors (Lipinski definition) is 0. The lowest BCUT2D eigenvalue weighted by atomic mass is 10.3. The minimum atomic E-state index is 0.394. The van der Waals surface area contributed by atoms with E-state index in [2.05, 4.69) is 18.9 Å². The predicted molar refractivity (Wildman–Crippen MR) is 63.4 cm³/mol. The topological polar surface area (TPSA) is 27.1 Å². The fourth-order valence-electron chi connectivity index (χ4n) is 1.42. The molecule has 84 valence electrons. The maximum atomic E-state index is 5.61. The zero-order valence-electron chi connectivity index (χ0n) is 9.63. The summed E-state index contributed by atoms with van der Waals surface area (Å²) in [5, 5.41) is 4.42. The standard InChI is InChI=1S/C13H16N2O/c1-11(2)15-9-8-12(14-15)10-16-13-6-4-3-5-7-13/h3-9,11H,10H2,1-2H3. The molecule has 0 aliphatic carbocycles. The summed E-state index contributed by atoms with van der Waals surface area (Å²) in [5.41, 5.74) is 0.956. The minimum Gasteiger partial charge on any atom is -0.487 e. The molecule has 0 unspecified atom stereocenters. The van der Waals surface area contributed by atoms with Crippen LogP contribution in [0.5, 0.6) is 5.75 Å². The Morgan fingerprint density at radius 2 is 1.94 bits per heavy atom. The Morgan fingerprint density at radius 3 is 2.56 bits per heavy atom. The molecular formula is C13H16N2O. The van der Waals surface area contributed by atoms with Crippen LogP contribution in [0.2, 0.25) is 0 Å². The number of ether oxygens (including phenoxy) is 1. The monoisotopic (exact) mass is 216 g/mol. The first-order valence-corrected chi connectivity index (χ1v) is 5.47. The predicted octanol–water partition coefficient (Wildman–Crippen LogP) is 3.04. The van der Waals surface area contributed by atoms with E-state index in [1.165, 1.54) is 0 Å². The van der Waals surface area contributed by atoms with Crippen LogP contribution in [-0.4, -0.2) is 9.78 Å². The molecule has 3 heteroatoms. The van der Waals surface area contributed by atoms with Gasteiger partial charge in [0, 0.05) is 12.2 Å². The van der Waals surface area contributed by atoms with Gasteiger partial charge in [-0.15, -0.1) is 0 Å². The van der Waals surface area contributed by atoms with Gasteiger partial charge < -0.3 is 4.74 Å².